The monoisotopic (exact) mass is 369 g/mol. The van der Waals surface area contributed by atoms with Gasteiger partial charge in [0.2, 0.25) is 5.76 Å². The molecule has 2 aromatic carbocycles. The van der Waals surface area contributed by atoms with Gasteiger partial charge in [0, 0.05) is 6.07 Å². The van der Waals surface area contributed by atoms with Crippen molar-refractivity contribution < 1.29 is 23.1 Å². The highest BCUT2D eigenvalue weighted by molar-refractivity contribution is 5.97. The number of carbonyl (C=O) groups is 2. The number of rotatable bonds is 4. The molecule has 138 valence electrons. The van der Waals surface area contributed by atoms with Crippen molar-refractivity contribution in [1.29, 1.82) is 0 Å². The van der Waals surface area contributed by atoms with E-state index in [0.29, 0.717) is 5.39 Å². The Morgan fingerprint density at radius 1 is 1.15 bits per heavy atom. The zero-order chi connectivity index (χ0) is 19.6. The molecule has 1 aromatic heterocycles. The van der Waals surface area contributed by atoms with Gasteiger partial charge in [-0.15, -0.1) is 0 Å². The molecule has 0 fully saturated rings. The molecule has 6 nitrogen and oxygen atoms in total. The van der Waals surface area contributed by atoms with Crippen molar-refractivity contribution in [3.63, 3.8) is 0 Å². The second-order valence-corrected chi connectivity index (χ2v) is 5.99. The van der Waals surface area contributed by atoms with Gasteiger partial charge in [0.15, 0.2) is 11.5 Å². The summed E-state index contributed by atoms with van der Waals surface area (Å²) < 4.78 is 24.0. The van der Waals surface area contributed by atoms with Crippen LogP contribution in [0, 0.1) is 12.7 Å². The third kappa shape index (κ3) is 4.03. The highest BCUT2D eigenvalue weighted by Gasteiger charge is 2.22. The van der Waals surface area contributed by atoms with Crippen LogP contribution in [0.1, 0.15) is 23.0 Å². The van der Waals surface area contributed by atoms with Gasteiger partial charge in [0.25, 0.3) is 5.91 Å². The number of carbonyl (C=O) groups excluding carboxylic acids is 2. The molecule has 0 aliphatic carbocycles. The van der Waals surface area contributed by atoms with Gasteiger partial charge in [0.05, 0.1) is 11.1 Å². The smallest absolute Gasteiger partial charge is 0.375 e. The van der Waals surface area contributed by atoms with E-state index in [1.807, 2.05) is 6.92 Å². The van der Waals surface area contributed by atoms with Crippen molar-refractivity contribution in [2.75, 3.05) is 5.32 Å². The maximum absolute atomic E-state index is 13.6. The van der Waals surface area contributed by atoms with Crippen molar-refractivity contribution in [1.82, 2.24) is 0 Å². The van der Waals surface area contributed by atoms with Gasteiger partial charge in [-0.05, 0) is 38.1 Å². The maximum atomic E-state index is 13.6. The normalized spacial score (nSPS) is 11.8. The van der Waals surface area contributed by atoms with Gasteiger partial charge in [0.1, 0.15) is 11.4 Å². The van der Waals surface area contributed by atoms with E-state index in [-0.39, 0.29) is 17.0 Å². The number of hydrogen-bond donors (Lipinski definition) is 1. The molecule has 0 bridgehead atoms. The molecular weight excluding hydrogens is 353 g/mol. The molecule has 3 aromatic rings. The van der Waals surface area contributed by atoms with E-state index < -0.39 is 29.2 Å². The van der Waals surface area contributed by atoms with E-state index in [2.05, 4.69) is 5.32 Å². The lowest BCUT2D eigenvalue weighted by Crippen LogP contribution is -2.30. The van der Waals surface area contributed by atoms with Crippen LogP contribution in [0.25, 0.3) is 11.0 Å². The first-order valence-electron chi connectivity index (χ1n) is 8.16. The van der Waals surface area contributed by atoms with Crippen LogP contribution in [0.4, 0.5) is 10.1 Å². The Kier molecular flexibility index (Phi) is 5.03. The van der Waals surface area contributed by atoms with E-state index >= 15 is 0 Å². The van der Waals surface area contributed by atoms with E-state index in [0.717, 1.165) is 11.6 Å². The Hall–Kier alpha value is -3.48. The molecular formula is C20H16FNO5. The first-order chi connectivity index (χ1) is 12.8. The molecule has 0 unspecified atom stereocenters. The van der Waals surface area contributed by atoms with E-state index in [4.69, 9.17) is 9.15 Å². The summed E-state index contributed by atoms with van der Waals surface area (Å²) in [7, 11) is 0. The fraction of sp³-hybridized carbons (Fsp3) is 0.150. The zero-order valence-electron chi connectivity index (χ0n) is 14.6. The zero-order valence-corrected chi connectivity index (χ0v) is 14.6. The number of anilines is 1. The van der Waals surface area contributed by atoms with Crippen LogP contribution >= 0.6 is 0 Å². The van der Waals surface area contributed by atoms with Gasteiger partial charge in [-0.2, -0.15) is 0 Å². The first kappa shape index (κ1) is 18.3. The van der Waals surface area contributed by atoms with Crippen LogP contribution in [0.15, 0.2) is 57.7 Å². The number of para-hydroxylation sites is 1. The summed E-state index contributed by atoms with van der Waals surface area (Å²) in [5, 5.41) is 2.67. The molecule has 1 atom stereocenters. The SMILES string of the molecule is Cc1ccc2oc(C(=O)O[C@@H](C)C(=O)Nc3ccccc3F)cc(=O)c2c1. The third-order valence-electron chi connectivity index (χ3n) is 3.87. The second-order valence-electron chi connectivity index (χ2n) is 5.99. The number of ether oxygens (including phenoxy) is 1. The number of fused-ring (bicyclic) bond motifs is 1. The molecule has 1 amide bonds. The number of aryl methyl sites for hydroxylation is 1. The first-order valence-corrected chi connectivity index (χ1v) is 8.16. The maximum Gasteiger partial charge on any atom is 0.375 e. The topological polar surface area (TPSA) is 85.6 Å². The van der Waals surface area contributed by atoms with Crippen molar-refractivity contribution in [3.05, 3.63) is 75.9 Å². The minimum Gasteiger partial charge on any atom is -0.449 e. The van der Waals surface area contributed by atoms with Crippen LogP contribution in [-0.4, -0.2) is 18.0 Å². The fourth-order valence-corrected chi connectivity index (χ4v) is 2.44. The summed E-state index contributed by atoms with van der Waals surface area (Å²) in [5.74, 6) is -2.61. The van der Waals surface area contributed by atoms with Gasteiger partial charge >= 0.3 is 5.97 Å². The molecule has 3 rings (SSSR count). The number of hydrogen-bond acceptors (Lipinski definition) is 5. The van der Waals surface area contributed by atoms with Crippen molar-refractivity contribution in [2.45, 2.75) is 20.0 Å². The standard InChI is InChI=1S/C20H16FNO5/c1-11-7-8-17-13(9-11)16(23)10-18(27-17)20(25)26-12(2)19(24)22-15-6-4-3-5-14(15)21/h3-10,12H,1-2H3,(H,22,24)/t12-/m0/s1. The summed E-state index contributed by atoms with van der Waals surface area (Å²) in [6.07, 6.45) is -1.23. The Labute approximate surface area is 153 Å². The number of benzene rings is 2. The summed E-state index contributed by atoms with van der Waals surface area (Å²) in [6.45, 7) is 3.16. The second kappa shape index (κ2) is 7.41. The average Bonchev–Trinajstić information content (AvgIpc) is 2.63. The minimum absolute atomic E-state index is 0.0296. The predicted octanol–water partition coefficient (Wildman–Crippen LogP) is 3.42. The molecule has 27 heavy (non-hydrogen) atoms. The van der Waals surface area contributed by atoms with Crippen molar-refractivity contribution >= 4 is 28.5 Å². The molecule has 0 saturated carbocycles. The summed E-state index contributed by atoms with van der Waals surface area (Å²) in [6, 6.07) is 11.6. The average molecular weight is 369 g/mol. The minimum atomic E-state index is -1.23. The molecule has 0 aliphatic rings. The van der Waals surface area contributed by atoms with Crippen molar-refractivity contribution in [3.8, 4) is 0 Å². The fourth-order valence-electron chi connectivity index (χ4n) is 2.44. The van der Waals surface area contributed by atoms with E-state index in [1.165, 1.54) is 25.1 Å². The highest BCUT2D eigenvalue weighted by Crippen LogP contribution is 2.16. The molecule has 0 aliphatic heterocycles. The van der Waals surface area contributed by atoms with Crippen LogP contribution < -0.4 is 10.7 Å². The Morgan fingerprint density at radius 3 is 2.63 bits per heavy atom. The molecule has 0 saturated heterocycles. The van der Waals surface area contributed by atoms with Crippen LogP contribution in [0.2, 0.25) is 0 Å². The molecule has 1 N–H and O–H groups in total. The Bertz CT molecular complexity index is 1090. The van der Waals surface area contributed by atoms with Crippen LogP contribution in [-0.2, 0) is 9.53 Å². The van der Waals surface area contributed by atoms with Gasteiger partial charge in [-0.25, -0.2) is 9.18 Å². The lowest BCUT2D eigenvalue weighted by Gasteiger charge is -2.13. The third-order valence-corrected chi connectivity index (χ3v) is 3.87. The quantitative estimate of drug-likeness (QED) is 0.712. The predicted molar refractivity (Wildman–Crippen MR) is 97.1 cm³/mol. The van der Waals surface area contributed by atoms with Crippen LogP contribution in [0.3, 0.4) is 0 Å². The molecule has 7 heteroatoms. The molecule has 0 radical (unpaired) electrons. The van der Waals surface area contributed by atoms with Gasteiger partial charge < -0.3 is 14.5 Å². The number of halogens is 1. The van der Waals surface area contributed by atoms with Gasteiger partial charge in [-0.1, -0.05) is 23.8 Å². The molecule has 0 spiro atoms. The summed E-state index contributed by atoms with van der Waals surface area (Å²) in [5.41, 5.74) is 0.695. The Morgan fingerprint density at radius 2 is 1.89 bits per heavy atom. The van der Waals surface area contributed by atoms with Crippen molar-refractivity contribution in [2.24, 2.45) is 0 Å². The highest BCUT2D eigenvalue weighted by atomic mass is 19.1. The number of esters is 1. The Balaban J connectivity index is 1.75. The molecule has 1 heterocycles. The van der Waals surface area contributed by atoms with Crippen LogP contribution in [0.5, 0.6) is 0 Å². The summed E-state index contributed by atoms with van der Waals surface area (Å²) >= 11 is 0. The lowest BCUT2D eigenvalue weighted by molar-refractivity contribution is -0.123. The lowest BCUT2D eigenvalue weighted by atomic mass is 10.1. The summed E-state index contributed by atoms with van der Waals surface area (Å²) in [4.78, 5) is 36.5. The van der Waals surface area contributed by atoms with Gasteiger partial charge in [-0.3, -0.25) is 9.59 Å². The van der Waals surface area contributed by atoms with E-state index in [9.17, 15) is 18.8 Å². The number of nitrogens with one attached hydrogen (secondary N) is 1. The largest absolute Gasteiger partial charge is 0.449 e. The van der Waals surface area contributed by atoms with E-state index in [1.54, 1.807) is 24.3 Å². The number of amides is 1.